The molecular weight excluding hydrogens is 442 g/mol. The van der Waals surface area contributed by atoms with Crippen LogP contribution in [0.25, 0.3) is 11.1 Å². The van der Waals surface area contributed by atoms with Crippen molar-refractivity contribution in [3.8, 4) is 0 Å². The molecule has 5 rings (SSSR count). The van der Waals surface area contributed by atoms with Crippen molar-refractivity contribution in [3.05, 3.63) is 81.0 Å². The topological polar surface area (TPSA) is 58.4 Å². The average Bonchev–Trinajstić information content (AvgIpc) is 3.57. The van der Waals surface area contributed by atoms with E-state index in [2.05, 4.69) is 21.7 Å². The van der Waals surface area contributed by atoms with Gasteiger partial charge in [-0.05, 0) is 60.2 Å². The number of hydrogen-bond acceptors (Lipinski definition) is 5. The number of thiophene rings is 1. The third kappa shape index (κ3) is 4.66. The Bertz CT molecular complexity index is 1220. The van der Waals surface area contributed by atoms with E-state index in [1.807, 2.05) is 53.4 Å². The number of fused-ring (bicyclic) bond motifs is 1. The number of oxazole rings is 1. The van der Waals surface area contributed by atoms with Crippen molar-refractivity contribution in [2.24, 2.45) is 0 Å². The Kier molecular flexibility index (Phi) is 6.14. The average molecular weight is 466 g/mol. The van der Waals surface area contributed by atoms with E-state index in [0.29, 0.717) is 46.8 Å². The van der Waals surface area contributed by atoms with Crippen LogP contribution in [0.15, 0.2) is 64.4 Å². The van der Waals surface area contributed by atoms with Crippen LogP contribution in [0.2, 0.25) is 5.02 Å². The van der Waals surface area contributed by atoms with Crippen molar-refractivity contribution in [2.75, 3.05) is 5.32 Å². The molecule has 164 valence electrons. The maximum absolute atomic E-state index is 13.5. The second kappa shape index (κ2) is 9.35. The molecule has 0 atom stereocenters. The fourth-order valence-corrected chi connectivity index (χ4v) is 5.20. The molecule has 1 aliphatic carbocycles. The van der Waals surface area contributed by atoms with Crippen LogP contribution in [0.5, 0.6) is 0 Å². The molecule has 0 saturated heterocycles. The van der Waals surface area contributed by atoms with Crippen LogP contribution < -0.4 is 5.32 Å². The van der Waals surface area contributed by atoms with Gasteiger partial charge in [-0.3, -0.25) is 4.79 Å². The molecule has 2 aromatic heterocycles. The number of carbonyl (C=O) groups excluding carboxylic acids is 1. The highest BCUT2D eigenvalue weighted by atomic mass is 35.5. The van der Waals surface area contributed by atoms with E-state index < -0.39 is 0 Å². The summed E-state index contributed by atoms with van der Waals surface area (Å²) in [5.74, 6) is 0.0589. The van der Waals surface area contributed by atoms with E-state index in [1.165, 1.54) is 17.7 Å². The zero-order chi connectivity index (χ0) is 21.9. The SMILES string of the molecule is O=C(c1ccc2oc(NCc3cccc(Cl)c3)nc2c1)N(Cc1cccs1)C1CCCC1. The van der Waals surface area contributed by atoms with Gasteiger partial charge in [0.05, 0.1) is 6.54 Å². The zero-order valence-electron chi connectivity index (χ0n) is 17.6. The molecular formula is C25H24ClN3O2S. The van der Waals surface area contributed by atoms with Crippen LogP contribution in [-0.4, -0.2) is 21.8 Å². The third-order valence-electron chi connectivity index (χ3n) is 5.90. The maximum atomic E-state index is 13.5. The molecule has 5 nitrogen and oxygen atoms in total. The van der Waals surface area contributed by atoms with E-state index in [0.717, 1.165) is 18.4 Å². The second-order valence-corrected chi connectivity index (χ2v) is 9.60. The van der Waals surface area contributed by atoms with Gasteiger partial charge < -0.3 is 14.6 Å². The van der Waals surface area contributed by atoms with E-state index in [-0.39, 0.29) is 5.91 Å². The molecule has 0 radical (unpaired) electrons. The first kappa shape index (κ1) is 21.0. The minimum Gasteiger partial charge on any atom is -0.424 e. The van der Waals surface area contributed by atoms with Crippen molar-refractivity contribution in [3.63, 3.8) is 0 Å². The number of benzene rings is 2. The summed E-state index contributed by atoms with van der Waals surface area (Å²) in [6, 6.07) is 18.0. The van der Waals surface area contributed by atoms with Crippen molar-refractivity contribution in [1.29, 1.82) is 0 Å². The lowest BCUT2D eigenvalue weighted by atomic mass is 10.1. The van der Waals surface area contributed by atoms with Gasteiger partial charge in [0.15, 0.2) is 5.58 Å². The van der Waals surface area contributed by atoms with Crippen LogP contribution in [0.3, 0.4) is 0 Å². The normalized spacial score (nSPS) is 14.2. The summed E-state index contributed by atoms with van der Waals surface area (Å²) >= 11 is 7.75. The van der Waals surface area contributed by atoms with E-state index in [9.17, 15) is 4.79 Å². The molecule has 4 aromatic rings. The van der Waals surface area contributed by atoms with Gasteiger partial charge >= 0.3 is 0 Å². The number of amides is 1. The minimum atomic E-state index is 0.0589. The Morgan fingerprint density at radius 3 is 2.81 bits per heavy atom. The first-order chi connectivity index (χ1) is 15.7. The van der Waals surface area contributed by atoms with Crippen LogP contribution in [0.1, 0.15) is 46.5 Å². The van der Waals surface area contributed by atoms with E-state index in [1.54, 1.807) is 11.3 Å². The fourth-order valence-electron chi connectivity index (χ4n) is 4.28. The monoisotopic (exact) mass is 465 g/mol. The predicted octanol–water partition coefficient (Wildman–Crippen LogP) is 6.74. The van der Waals surface area contributed by atoms with E-state index in [4.69, 9.17) is 16.0 Å². The minimum absolute atomic E-state index is 0.0589. The molecule has 0 unspecified atom stereocenters. The first-order valence-electron chi connectivity index (χ1n) is 10.9. The molecule has 1 fully saturated rings. The van der Waals surface area contributed by atoms with Crippen molar-refractivity contribution < 1.29 is 9.21 Å². The van der Waals surface area contributed by atoms with Crippen LogP contribution in [0.4, 0.5) is 6.01 Å². The Morgan fingerprint density at radius 1 is 1.16 bits per heavy atom. The van der Waals surface area contributed by atoms with Crippen molar-refractivity contribution >= 4 is 46.0 Å². The van der Waals surface area contributed by atoms with Gasteiger partial charge in [0.2, 0.25) is 0 Å². The molecule has 0 spiro atoms. The predicted molar refractivity (Wildman–Crippen MR) is 129 cm³/mol. The summed E-state index contributed by atoms with van der Waals surface area (Å²) in [7, 11) is 0. The Balaban J connectivity index is 1.35. The van der Waals surface area contributed by atoms with Gasteiger partial charge in [0.1, 0.15) is 5.52 Å². The standard InChI is InChI=1S/C25H24ClN3O2S/c26-19-6-3-5-17(13-19)15-27-25-28-22-14-18(10-11-23(22)31-25)24(30)29(20-7-1-2-8-20)16-21-9-4-12-32-21/h3-6,9-14,20H,1-2,7-8,15-16H2,(H,27,28). The van der Waals surface area contributed by atoms with Gasteiger partial charge in [-0.15, -0.1) is 11.3 Å². The number of hydrogen-bond donors (Lipinski definition) is 1. The molecule has 1 saturated carbocycles. The summed E-state index contributed by atoms with van der Waals surface area (Å²) in [6.45, 7) is 1.21. The van der Waals surface area contributed by atoms with Crippen LogP contribution in [0, 0.1) is 0 Å². The van der Waals surface area contributed by atoms with Gasteiger partial charge in [0, 0.05) is 28.0 Å². The number of carbonyl (C=O) groups is 1. The number of halogens is 1. The highest BCUT2D eigenvalue weighted by molar-refractivity contribution is 7.09. The smallest absolute Gasteiger partial charge is 0.295 e. The molecule has 1 N–H and O–H groups in total. The molecule has 2 heterocycles. The van der Waals surface area contributed by atoms with Crippen molar-refractivity contribution in [1.82, 2.24) is 9.88 Å². The van der Waals surface area contributed by atoms with Crippen LogP contribution >= 0.6 is 22.9 Å². The van der Waals surface area contributed by atoms with Crippen LogP contribution in [-0.2, 0) is 13.1 Å². The van der Waals surface area contributed by atoms with Gasteiger partial charge in [-0.25, -0.2) is 0 Å². The number of nitrogens with zero attached hydrogens (tertiary/aromatic N) is 2. The highest BCUT2D eigenvalue weighted by Gasteiger charge is 2.28. The molecule has 1 aliphatic rings. The number of aromatic nitrogens is 1. The third-order valence-corrected chi connectivity index (χ3v) is 7.00. The molecule has 1 amide bonds. The maximum Gasteiger partial charge on any atom is 0.295 e. The first-order valence-corrected chi connectivity index (χ1v) is 12.1. The summed E-state index contributed by atoms with van der Waals surface area (Å²) in [6.07, 6.45) is 4.51. The van der Waals surface area contributed by atoms with E-state index >= 15 is 0 Å². The van der Waals surface area contributed by atoms with Gasteiger partial charge in [0.25, 0.3) is 11.9 Å². The molecule has 2 aromatic carbocycles. The Morgan fingerprint density at radius 2 is 2.03 bits per heavy atom. The number of rotatable bonds is 7. The summed E-state index contributed by atoms with van der Waals surface area (Å²) in [4.78, 5) is 21.3. The summed E-state index contributed by atoms with van der Waals surface area (Å²) < 4.78 is 5.82. The second-order valence-electron chi connectivity index (χ2n) is 8.14. The lowest BCUT2D eigenvalue weighted by Crippen LogP contribution is -2.38. The summed E-state index contributed by atoms with van der Waals surface area (Å²) in [5, 5.41) is 5.95. The fraction of sp³-hybridized carbons (Fsp3) is 0.280. The van der Waals surface area contributed by atoms with Gasteiger partial charge in [-0.1, -0.05) is 42.6 Å². The lowest BCUT2D eigenvalue weighted by molar-refractivity contribution is 0.0667. The zero-order valence-corrected chi connectivity index (χ0v) is 19.2. The number of nitrogens with one attached hydrogen (secondary N) is 1. The largest absolute Gasteiger partial charge is 0.424 e. The quantitative estimate of drug-likeness (QED) is 0.328. The summed E-state index contributed by atoms with van der Waals surface area (Å²) in [5.41, 5.74) is 3.01. The molecule has 0 bridgehead atoms. The van der Waals surface area contributed by atoms with Crippen molar-refractivity contribution in [2.45, 2.75) is 44.8 Å². The lowest BCUT2D eigenvalue weighted by Gasteiger charge is -2.28. The molecule has 7 heteroatoms. The number of anilines is 1. The Labute approximate surface area is 196 Å². The van der Waals surface area contributed by atoms with Gasteiger partial charge in [-0.2, -0.15) is 4.98 Å². The highest BCUT2D eigenvalue weighted by Crippen LogP contribution is 2.29. The Hall–Kier alpha value is -2.83. The molecule has 32 heavy (non-hydrogen) atoms. The molecule has 0 aliphatic heterocycles.